The van der Waals surface area contributed by atoms with Crippen LogP contribution in [-0.2, 0) is 9.59 Å². The van der Waals surface area contributed by atoms with E-state index in [-0.39, 0.29) is 11.3 Å². The molecule has 1 N–H and O–H groups in total. The third-order valence-electron chi connectivity index (χ3n) is 5.74. The Labute approximate surface area is 198 Å². The van der Waals surface area contributed by atoms with Gasteiger partial charge in [0.05, 0.1) is 29.9 Å². The number of rotatable bonds is 6. The van der Waals surface area contributed by atoms with Crippen molar-refractivity contribution in [3.8, 4) is 11.8 Å². The minimum Gasteiger partial charge on any atom is -0.507 e. The molecule has 0 aliphatic carbocycles. The monoisotopic (exact) mass is 452 g/mol. The van der Waals surface area contributed by atoms with Gasteiger partial charge in [0.1, 0.15) is 11.5 Å². The maximum atomic E-state index is 13.2. The molecule has 6 nitrogen and oxygen atoms in total. The SMILES string of the molecule is CCCOc1ccc(/C(O)=C2/C(=O)C(=O)N(c3ccc(C#N)cc3)C2c2ccccc2)cc1C. The molecular formula is C28H24N2O4. The number of ketones is 1. The van der Waals surface area contributed by atoms with Crippen LogP contribution in [0, 0.1) is 18.3 Å². The summed E-state index contributed by atoms with van der Waals surface area (Å²) in [5, 5.41) is 20.4. The molecule has 1 fully saturated rings. The topological polar surface area (TPSA) is 90.6 Å². The number of Topliss-reactive ketones (excluding diaryl/α,β-unsaturated/α-hetero) is 1. The summed E-state index contributed by atoms with van der Waals surface area (Å²) < 4.78 is 5.72. The van der Waals surface area contributed by atoms with E-state index < -0.39 is 17.7 Å². The zero-order valence-electron chi connectivity index (χ0n) is 19.0. The zero-order valence-corrected chi connectivity index (χ0v) is 19.0. The van der Waals surface area contributed by atoms with E-state index in [1.165, 1.54) is 4.90 Å². The van der Waals surface area contributed by atoms with Crippen LogP contribution in [0.4, 0.5) is 5.69 Å². The fourth-order valence-corrected chi connectivity index (χ4v) is 4.07. The van der Waals surface area contributed by atoms with E-state index in [2.05, 4.69) is 0 Å². The maximum absolute atomic E-state index is 13.2. The summed E-state index contributed by atoms with van der Waals surface area (Å²) in [5.41, 5.74) is 2.86. The molecule has 0 bridgehead atoms. The number of amides is 1. The molecule has 1 aliphatic rings. The van der Waals surface area contributed by atoms with E-state index in [9.17, 15) is 14.7 Å². The van der Waals surface area contributed by atoms with Gasteiger partial charge in [0.25, 0.3) is 11.7 Å². The fraction of sp³-hybridized carbons (Fsp3) is 0.179. The van der Waals surface area contributed by atoms with Gasteiger partial charge >= 0.3 is 0 Å². The van der Waals surface area contributed by atoms with E-state index in [1.807, 2.05) is 50.2 Å². The Balaban J connectivity index is 1.85. The van der Waals surface area contributed by atoms with Crippen molar-refractivity contribution >= 4 is 23.1 Å². The summed E-state index contributed by atoms with van der Waals surface area (Å²) >= 11 is 0. The summed E-state index contributed by atoms with van der Waals surface area (Å²) in [5.74, 6) is -1.04. The first kappa shape index (κ1) is 22.8. The second kappa shape index (κ2) is 9.63. The van der Waals surface area contributed by atoms with Crippen LogP contribution in [0.25, 0.3) is 5.76 Å². The average Bonchev–Trinajstić information content (AvgIpc) is 3.13. The molecule has 4 rings (SSSR count). The van der Waals surface area contributed by atoms with Crippen molar-refractivity contribution in [3.05, 3.63) is 101 Å². The summed E-state index contributed by atoms with van der Waals surface area (Å²) in [6.07, 6.45) is 0.872. The first-order valence-electron chi connectivity index (χ1n) is 11.1. The lowest BCUT2D eigenvalue weighted by atomic mass is 9.94. The van der Waals surface area contributed by atoms with Crippen LogP contribution in [0.5, 0.6) is 5.75 Å². The normalized spacial score (nSPS) is 17.0. The highest BCUT2D eigenvalue weighted by Crippen LogP contribution is 2.42. The molecule has 0 spiro atoms. The van der Waals surface area contributed by atoms with Crippen molar-refractivity contribution in [2.45, 2.75) is 26.3 Å². The molecule has 34 heavy (non-hydrogen) atoms. The number of nitriles is 1. The van der Waals surface area contributed by atoms with Crippen molar-refractivity contribution < 1.29 is 19.4 Å². The number of carbonyl (C=O) groups is 2. The molecule has 1 amide bonds. The summed E-state index contributed by atoms with van der Waals surface area (Å²) in [7, 11) is 0. The molecule has 3 aromatic rings. The molecule has 1 saturated heterocycles. The summed E-state index contributed by atoms with van der Waals surface area (Å²) in [4.78, 5) is 27.8. The molecule has 170 valence electrons. The molecule has 0 radical (unpaired) electrons. The molecule has 1 unspecified atom stereocenters. The Morgan fingerprint density at radius 2 is 1.76 bits per heavy atom. The van der Waals surface area contributed by atoms with Crippen LogP contribution in [-0.4, -0.2) is 23.4 Å². The van der Waals surface area contributed by atoms with Crippen LogP contribution in [0.2, 0.25) is 0 Å². The second-order valence-corrected chi connectivity index (χ2v) is 8.07. The average molecular weight is 453 g/mol. The Morgan fingerprint density at radius 3 is 2.38 bits per heavy atom. The predicted molar refractivity (Wildman–Crippen MR) is 129 cm³/mol. The maximum Gasteiger partial charge on any atom is 0.300 e. The number of nitrogens with zero attached hydrogens (tertiary/aromatic N) is 2. The van der Waals surface area contributed by atoms with E-state index in [0.29, 0.717) is 34.7 Å². The molecule has 0 aromatic heterocycles. The van der Waals surface area contributed by atoms with E-state index in [1.54, 1.807) is 42.5 Å². The number of anilines is 1. The molecular weight excluding hydrogens is 428 g/mol. The molecule has 6 heteroatoms. The lowest BCUT2D eigenvalue weighted by Gasteiger charge is -2.25. The Morgan fingerprint density at radius 1 is 1.06 bits per heavy atom. The van der Waals surface area contributed by atoms with Crippen LogP contribution in [0.3, 0.4) is 0 Å². The van der Waals surface area contributed by atoms with Crippen LogP contribution in [0.15, 0.2) is 78.4 Å². The lowest BCUT2D eigenvalue weighted by Crippen LogP contribution is -2.29. The third kappa shape index (κ3) is 4.16. The summed E-state index contributed by atoms with van der Waals surface area (Å²) in [6.45, 7) is 4.47. The van der Waals surface area contributed by atoms with Crippen LogP contribution < -0.4 is 9.64 Å². The number of benzene rings is 3. The Bertz CT molecular complexity index is 1300. The van der Waals surface area contributed by atoms with Gasteiger partial charge in [0.15, 0.2) is 0 Å². The van der Waals surface area contributed by atoms with Crippen molar-refractivity contribution in [2.24, 2.45) is 0 Å². The molecule has 1 heterocycles. The minimum atomic E-state index is -0.814. The molecule has 1 aliphatic heterocycles. The van der Waals surface area contributed by atoms with Gasteiger partial charge in [0.2, 0.25) is 0 Å². The number of aryl methyl sites for hydroxylation is 1. The smallest absolute Gasteiger partial charge is 0.300 e. The number of hydrogen-bond acceptors (Lipinski definition) is 5. The van der Waals surface area contributed by atoms with Gasteiger partial charge in [-0.1, -0.05) is 37.3 Å². The largest absolute Gasteiger partial charge is 0.507 e. The van der Waals surface area contributed by atoms with Gasteiger partial charge in [-0.3, -0.25) is 14.5 Å². The zero-order chi connectivity index (χ0) is 24.2. The van der Waals surface area contributed by atoms with Gasteiger partial charge in [-0.2, -0.15) is 5.26 Å². The van der Waals surface area contributed by atoms with Crippen LogP contribution >= 0.6 is 0 Å². The first-order chi connectivity index (χ1) is 16.5. The highest BCUT2D eigenvalue weighted by molar-refractivity contribution is 6.51. The van der Waals surface area contributed by atoms with Gasteiger partial charge in [-0.05, 0) is 66.9 Å². The van der Waals surface area contributed by atoms with E-state index in [4.69, 9.17) is 10.00 Å². The lowest BCUT2D eigenvalue weighted by molar-refractivity contribution is -0.132. The van der Waals surface area contributed by atoms with Gasteiger partial charge in [-0.25, -0.2) is 0 Å². The van der Waals surface area contributed by atoms with Crippen molar-refractivity contribution in [1.29, 1.82) is 5.26 Å². The summed E-state index contributed by atoms with van der Waals surface area (Å²) in [6, 6.07) is 22.0. The first-order valence-corrected chi connectivity index (χ1v) is 11.1. The number of ether oxygens (including phenoxy) is 1. The molecule has 1 atom stereocenters. The fourth-order valence-electron chi connectivity index (χ4n) is 4.07. The van der Waals surface area contributed by atoms with Gasteiger partial charge in [0, 0.05) is 11.3 Å². The highest BCUT2D eigenvalue weighted by Gasteiger charge is 2.46. The highest BCUT2D eigenvalue weighted by atomic mass is 16.5. The quantitative estimate of drug-likeness (QED) is 0.312. The van der Waals surface area contributed by atoms with Gasteiger partial charge in [-0.15, -0.1) is 0 Å². The van der Waals surface area contributed by atoms with E-state index >= 15 is 0 Å². The van der Waals surface area contributed by atoms with Gasteiger partial charge < -0.3 is 9.84 Å². The Hall–Kier alpha value is -4.37. The Kier molecular flexibility index (Phi) is 6.46. The number of hydrogen-bond donors (Lipinski definition) is 1. The number of carbonyl (C=O) groups excluding carboxylic acids is 2. The van der Waals surface area contributed by atoms with Crippen molar-refractivity contribution in [1.82, 2.24) is 0 Å². The molecule has 0 saturated carbocycles. The minimum absolute atomic E-state index is 0.0159. The number of aliphatic hydroxyl groups is 1. The predicted octanol–water partition coefficient (Wildman–Crippen LogP) is 5.28. The van der Waals surface area contributed by atoms with Crippen molar-refractivity contribution in [3.63, 3.8) is 0 Å². The number of aliphatic hydroxyl groups excluding tert-OH is 1. The van der Waals surface area contributed by atoms with E-state index in [0.717, 1.165) is 12.0 Å². The third-order valence-corrected chi connectivity index (χ3v) is 5.74. The van der Waals surface area contributed by atoms with Crippen LogP contribution in [0.1, 0.15) is 41.6 Å². The van der Waals surface area contributed by atoms with Crippen molar-refractivity contribution in [2.75, 3.05) is 11.5 Å². The standard InChI is InChI=1S/C28H24N2O4/c1-3-15-34-23-14-11-21(16-18(23)2)26(31)24-25(20-7-5-4-6-8-20)30(28(33)27(24)32)22-12-9-19(17-29)10-13-22/h4-14,16,25,31H,3,15H2,1-2H3/b26-24-. The molecule has 3 aromatic carbocycles. The second-order valence-electron chi connectivity index (χ2n) is 8.07.